The first-order valence-corrected chi connectivity index (χ1v) is 11.7. The molecule has 194 valence electrons. The van der Waals surface area contributed by atoms with E-state index in [1.165, 1.54) is 25.7 Å². The van der Waals surface area contributed by atoms with Crippen LogP contribution in [0, 0.1) is 5.92 Å². The highest BCUT2D eigenvalue weighted by molar-refractivity contribution is 5.99. The van der Waals surface area contributed by atoms with Crippen LogP contribution in [-0.4, -0.2) is 97.2 Å². The quantitative estimate of drug-likeness (QED) is 0.660. The highest BCUT2D eigenvalue weighted by atomic mass is 16.5. The Kier molecular flexibility index (Phi) is 9.31. The fraction of sp³-hybridized carbons (Fsp3) is 0.480. The molecule has 11 heteroatoms. The van der Waals surface area contributed by atoms with Gasteiger partial charge in [0.2, 0.25) is 5.91 Å². The number of ether oxygens (including phenoxy) is 3. The highest BCUT2D eigenvalue weighted by Gasteiger charge is 2.31. The van der Waals surface area contributed by atoms with E-state index in [0.29, 0.717) is 18.0 Å². The number of nitrogens with zero attached hydrogens (tertiary/aromatic N) is 4. The molecule has 0 fully saturated rings. The van der Waals surface area contributed by atoms with E-state index in [1.807, 2.05) is 13.8 Å². The lowest BCUT2D eigenvalue weighted by atomic mass is 10.0. The molecule has 0 saturated carbocycles. The number of anilines is 1. The molecule has 0 aliphatic carbocycles. The Labute approximate surface area is 210 Å². The molecule has 36 heavy (non-hydrogen) atoms. The van der Waals surface area contributed by atoms with Gasteiger partial charge in [-0.1, -0.05) is 6.92 Å². The van der Waals surface area contributed by atoms with Crippen molar-refractivity contribution in [1.29, 1.82) is 0 Å². The van der Waals surface area contributed by atoms with Gasteiger partial charge in [0.25, 0.3) is 11.8 Å². The van der Waals surface area contributed by atoms with Crippen molar-refractivity contribution in [2.45, 2.75) is 26.0 Å². The second-order valence-corrected chi connectivity index (χ2v) is 8.84. The van der Waals surface area contributed by atoms with Crippen LogP contribution in [0.2, 0.25) is 0 Å². The molecule has 1 aliphatic heterocycles. The Morgan fingerprint density at radius 1 is 1.19 bits per heavy atom. The van der Waals surface area contributed by atoms with Crippen LogP contribution in [0.5, 0.6) is 5.75 Å². The highest BCUT2D eigenvalue weighted by Crippen LogP contribution is 2.26. The number of aromatic nitrogens is 2. The summed E-state index contributed by atoms with van der Waals surface area (Å²) in [6, 6.07) is 4.51. The lowest BCUT2D eigenvalue weighted by Crippen LogP contribution is -2.48. The standard InChI is InChI=1S/C25H33N5O6/c1-16-12-30(25(33)20-11-26-8-9-27-20)17(2)14-36-21-7-6-18(28-23(31)15-34-4)10-19(21)24(32)29(3)13-22(16)35-5/h6-11,16-17,22H,12-15H2,1-5H3,(H,28,31)/t16-,17-,22-/m1/s1. The molecular formula is C25H33N5O6. The molecule has 0 saturated heterocycles. The number of hydrogen-bond acceptors (Lipinski definition) is 8. The largest absolute Gasteiger partial charge is 0.491 e. The lowest BCUT2D eigenvalue weighted by molar-refractivity contribution is -0.119. The number of nitrogens with one attached hydrogen (secondary N) is 1. The zero-order chi connectivity index (χ0) is 26.2. The van der Waals surface area contributed by atoms with Gasteiger partial charge < -0.3 is 29.3 Å². The Morgan fingerprint density at radius 3 is 2.64 bits per heavy atom. The fourth-order valence-corrected chi connectivity index (χ4v) is 4.02. The monoisotopic (exact) mass is 499 g/mol. The summed E-state index contributed by atoms with van der Waals surface area (Å²) >= 11 is 0. The van der Waals surface area contributed by atoms with E-state index in [9.17, 15) is 14.4 Å². The summed E-state index contributed by atoms with van der Waals surface area (Å²) in [4.78, 5) is 50.2. The van der Waals surface area contributed by atoms with Crippen LogP contribution >= 0.6 is 0 Å². The van der Waals surface area contributed by atoms with Crippen molar-refractivity contribution >= 4 is 23.4 Å². The third-order valence-corrected chi connectivity index (χ3v) is 6.05. The van der Waals surface area contributed by atoms with E-state index in [0.717, 1.165) is 0 Å². The normalized spacial score (nSPS) is 21.0. The maximum atomic E-state index is 13.4. The average Bonchev–Trinajstić information content (AvgIpc) is 2.88. The molecule has 3 atom stereocenters. The SMILES string of the molecule is COCC(=O)Nc1ccc2c(c1)C(=O)N(C)C[C@@H](OC)[C@H](C)CN(C(=O)c1cnccn1)[C@H](C)CO2. The minimum Gasteiger partial charge on any atom is -0.491 e. The zero-order valence-electron chi connectivity index (χ0n) is 21.3. The summed E-state index contributed by atoms with van der Waals surface area (Å²) in [7, 11) is 4.69. The van der Waals surface area contributed by atoms with Gasteiger partial charge in [0.05, 0.1) is 23.9 Å². The second-order valence-electron chi connectivity index (χ2n) is 8.84. The van der Waals surface area contributed by atoms with E-state index in [4.69, 9.17) is 14.2 Å². The summed E-state index contributed by atoms with van der Waals surface area (Å²) in [6.45, 7) is 4.54. The van der Waals surface area contributed by atoms with Crippen LogP contribution in [0.1, 0.15) is 34.7 Å². The number of benzene rings is 1. The molecule has 1 N–H and O–H groups in total. The molecular weight excluding hydrogens is 466 g/mol. The van der Waals surface area contributed by atoms with Crippen LogP contribution in [0.15, 0.2) is 36.8 Å². The number of fused-ring (bicyclic) bond motifs is 1. The van der Waals surface area contributed by atoms with Crippen molar-refractivity contribution in [1.82, 2.24) is 19.8 Å². The minimum atomic E-state index is -0.347. The van der Waals surface area contributed by atoms with Gasteiger partial charge in [-0.15, -0.1) is 0 Å². The summed E-state index contributed by atoms with van der Waals surface area (Å²) in [6.07, 6.45) is 4.09. The van der Waals surface area contributed by atoms with Gasteiger partial charge in [-0.2, -0.15) is 0 Å². The van der Waals surface area contributed by atoms with Crippen LogP contribution in [0.25, 0.3) is 0 Å². The van der Waals surface area contributed by atoms with E-state index in [2.05, 4.69) is 15.3 Å². The van der Waals surface area contributed by atoms with Crippen LogP contribution in [0.3, 0.4) is 0 Å². The van der Waals surface area contributed by atoms with E-state index in [1.54, 1.807) is 42.2 Å². The molecule has 3 rings (SSSR count). The topological polar surface area (TPSA) is 123 Å². The summed E-state index contributed by atoms with van der Waals surface area (Å²) < 4.78 is 16.6. The molecule has 1 aromatic carbocycles. The Morgan fingerprint density at radius 2 is 1.97 bits per heavy atom. The van der Waals surface area contributed by atoms with Gasteiger partial charge in [0.1, 0.15) is 24.7 Å². The fourth-order valence-electron chi connectivity index (χ4n) is 4.02. The van der Waals surface area contributed by atoms with Gasteiger partial charge in [-0.25, -0.2) is 4.98 Å². The van der Waals surface area contributed by atoms with E-state index in [-0.39, 0.29) is 66.8 Å². The third kappa shape index (κ3) is 6.55. The first-order valence-electron chi connectivity index (χ1n) is 11.7. The van der Waals surface area contributed by atoms with Crippen molar-refractivity contribution in [2.24, 2.45) is 5.92 Å². The molecule has 0 spiro atoms. The smallest absolute Gasteiger partial charge is 0.274 e. The van der Waals surface area contributed by atoms with E-state index >= 15 is 0 Å². The van der Waals surface area contributed by atoms with Crippen LogP contribution in [0.4, 0.5) is 5.69 Å². The molecule has 2 aromatic rings. The molecule has 3 amide bonds. The second kappa shape index (κ2) is 12.4. The van der Waals surface area contributed by atoms with Crippen molar-refractivity contribution in [3.8, 4) is 5.75 Å². The van der Waals surface area contributed by atoms with Crippen molar-refractivity contribution < 1.29 is 28.6 Å². The summed E-state index contributed by atoms with van der Waals surface area (Å²) in [5, 5.41) is 2.71. The Hall–Kier alpha value is -3.57. The number of hydrogen-bond donors (Lipinski definition) is 1. The molecule has 2 heterocycles. The maximum absolute atomic E-state index is 13.4. The summed E-state index contributed by atoms with van der Waals surface area (Å²) in [5.74, 6) is -0.640. The first kappa shape index (κ1) is 27.0. The van der Waals surface area contributed by atoms with Gasteiger partial charge in [-0.3, -0.25) is 19.4 Å². The van der Waals surface area contributed by atoms with Crippen molar-refractivity contribution in [3.05, 3.63) is 48.0 Å². The zero-order valence-corrected chi connectivity index (χ0v) is 21.3. The number of carbonyl (C=O) groups is 3. The Bertz CT molecular complexity index is 1070. The van der Waals surface area contributed by atoms with Gasteiger partial charge >= 0.3 is 0 Å². The number of likely N-dealkylation sites (N-methyl/N-ethyl adjacent to an activating group) is 1. The lowest BCUT2D eigenvalue weighted by Gasteiger charge is -2.35. The average molecular weight is 500 g/mol. The van der Waals surface area contributed by atoms with E-state index < -0.39 is 0 Å². The van der Waals surface area contributed by atoms with Crippen molar-refractivity contribution in [3.63, 3.8) is 0 Å². The maximum Gasteiger partial charge on any atom is 0.274 e. The summed E-state index contributed by atoms with van der Waals surface area (Å²) in [5.41, 5.74) is 0.967. The number of methoxy groups -OCH3 is 2. The van der Waals surface area contributed by atoms with Crippen LogP contribution in [-0.2, 0) is 14.3 Å². The number of carbonyl (C=O) groups excluding carboxylic acids is 3. The molecule has 11 nitrogen and oxygen atoms in total. The first-order chi connectivity index (χ1) is 17.2. The number of amides is 3. The molecule has 1 aliphatic rings. The predicted octanol–water partition coefficient (Wildman–Crippen LogP) is 1.71. The number of rotatable bonds is 5. The van der Waals surface area contributed by atoms with Crippen molar-refractivity contribution in [2.75, 3.05) is 52.9 Å². The molecule has 0 unspecified atom stereocenters. The van der Waals surface area contributed by atoms with Gasteiger partial charge in [-0.05, 0) is 25.1 Å². The van der Waals surface area contributed by atoms with Gasteiger partial charge in [0, 0.05) is 58.4 Å². The molecule has 1 aromatic heterocycles. The van der Waals surface area contributed by atoms with Gasteiger partial charge in [0.15, 0.2) is 0 Å². The Balaban J connectivity index is 1.96. The molecule has 0 bridgehead atoms. The predicted molar refractivity (Wildman–Crippen MR) is 132 cm³/mol. The van der Waals surface area contributed by atoms with Crippen LogP contribution < -0.4 is 10.1 Å². The third-order valence-electron chi connectivity index (χ3n) is 6.05. The minimum absolute atomic E-state index is 0.105. The molecule has 0 radical (unpaired) electrons.